The van der Waals surface area contributed by atoms with Crippen LogP contribution in [-0.2, 0) is 14.3 Å². The molecule has 2 aliphatic heterocycles. The fraction of sp³-hybridized carbons (Fsp3) is 0.400. The van der Waals surface area contributed by atoms with E-state index in [-0.39, 0.29) is 29.5 Å². The number of fused-ring (bicyclic) bond motifs is 1. The normalized spacial score (nSPS) is 30.2. The third-order valence-electron chi connectivity index (χ3n) is 7.04. The van der Waals surface area contributed by atoms with Gasteiger partial charge in [-0.2, -0.15) is 0 Å². The van der Waals surface area contributed by atoms with E-state index in [1.54, 1.807) is 11.1 Å². The summed E-state index contributed by atoms with van der Waals surface area (Å²) in [6.07, 6.45) is 3.07. The highest BCUT2D eigenvalue weighted by atomic mass is 79.9. The average molecular weight is 481 g/mol. The van der Waals surface area contributed by atoms with Crippen LogP contribution in [0.15, 0.2) is 58.4 Å². The molecule has 0 saturated heterocycles. The van der Waals surface area contributed by atoms with Crippen LogP contribution < -0.4 is 4.90 Å². The Morgan fingerprint density at radius 2 is 1.77 bits per heavy atom. The molecular formula is C25H25BrN2O3. The Balaban J connectivity index is 1.64. The van der Waals surface area contributed by atoms with Crippen LogP contribution in [0.2, 0.25) is 0 Å². The molecule has 3 aliphatic rings. The zero-order valence-corrected chi connectivity index (χ0v) is 19.4. The minimum atomic E-state index is -0.534. The predicted molar refractivity (Wildman–Crippen MR) is 121 cm³/mol. The molecule has 3 heterocycles. The van der Waals surface area contributed by atoms with Crippen molar-refractivity contribution in [1.82, 2.24) is 4.98 Å². The molecule has 0 N–H and O–H groups in total. The predicted octanol–water partition coefficient (Wildman–Crippen LogP) is 5.14. The van der Waals surface area contributed by atoms with E-state index in [4.69, 9.17) is 4.74 Å². The molecule has 5 rings (SSSR count). The Hall–Kier alpha value is -2.47. The number of halogens is 1. The highest BCUT2D eigenvalue weighted by molar-refractivity contribution is 9.10. The second kappa shape index (κ2) is 7.59. The van der Waals surface area contributed by atoms with Crippen LogP contribution in [-0.4, -0.2) is 22.8 Å². The van der Waals surface area contributed by atoms with Crippen molar-refractivity contribution in [2.45, 2.75) is 45.8 Å². The number of rotatable bonds is 2. The van der Waals surface area contributed by atoms with Gasteiger partial charge in [0.1, 0.15) is 11.9 Å². The van der Waals surface area contributed by atoms with E-state index in [1.165, 1.54) is 0 Å². The van der Waals surface area contributed by atoms with Crippen molar-refractivity contribution in [3.63, 3.8) is 0 Å². The number of aromatic nitrogens is 1. The number of pyridine rings is 1. The quantitative estimate of drug-likeness (QED) is 0.596. The van der Waals surface area contributed by atoms with Gasteiger partial charge in [-0.25, -0.2) is 4.98 Å². The van der Waals surface area contributed by atoms with Crippen molar-refractivity contribution in [3.05, 3.63) is 69.5 Å². The van der Waals surface area contributed by atoms with Gasteiger partial charge in [-0.05, 0) is 67.0 Å². The molecule has 1 saturated carbocycles. The lowest BCUT2D eigenvalue weighted by Crippen LogP contribution is -2.43. The third kappa shape index (κ3) is 3.32. The largest absolute Gasteiger partial charge is 0.483 e. The maximum atomic E-state index is 13.8. The number of hydrogen-bond acceptors (Lipinski definition) is 4. The van der Waals surface area contributed by atoms with Crippen molar-refractivity contribution >= 4 is 33.4 Å². The molecular weight excluding hydrogens is 456 g/mol. The molecule has 1 fully saturated rings. The summed E-state index contributed by atoms with van der Waals surface area (Å²) in [5.74, 6) is 1.25. The van der Waals surface area contributed by atoms with Crippen molar-refractivity contribution in [3.8, 4) is 0 Å². The Morgan fingerprint density at radius 1 is 1.06 bits per heavy atom. The summed E-state index contributed by atoms with van der Waals surface area (Å²) in [6, 6.07) is 11.0. The Labute approximate surface area is 190 Å². The van der Waals surface area contributed by atoms with E-state index in [1.807, 2.05) is 43.3 Å². The number of ether oxygens (including phenoxy) is 1. The van der Waals surface area contributed by atoms with Gasteiger partial charge in [0.05, 0.1) is 17.5 Å². The first kappa shape index (κ1) is 20.4. The summed E-state index contributed by atoms with van der Waals surface area (Å²) >= 11 is 3.48. The summed E-state index contributed by atoms with van der Waals surface area (Å²) in [6.45, 7) is 6.36. The van der Waals surface area contributed by atoms with Crippen LogP contribution in [0, 0.1) is 24.7 Å². The van der Waals surface area contributed by atoms with E-state index in [0.717, 1.165) is 28.4 Å². The Morgan fingerprint density at radius 3 is 2.48 bits per heavy atom. The van der Waals surface area contributed by atoms with Crippen LogP contribution in [0.4, 0.5) is 5.82 Å². The molecule has 1 aliphatic carbocycles. The number of carbonyl (C=O) groups is 2. The minimum absolute atomic E-state index is 0.0569. The molecule has 0 spiro atoms. The first-order valence-corrected chi connectivity index (χ1v) is 11.6. The molecule has 6 heteroatoms. The van der Waals surface area contributed by atoms with Crippen molar-refractivity contribution < 1.29 is 14.3 Å². The van der Waals surface area contributed by atoms with E-state index in [2.05, 4.69) is 34.8 Å². The van der Waals surface area contributed by atoms with Gasteiger partial charge < -0.3 is 4.74 Å². The molecule has 0 bridgehead atoms. The van der Waals surface area contributed by atoms with Gasteiger partial charge >= 0.3 is 0 Å². The minimum Gasteiger partial charge on any atom is -0.483 e. The van der Waals surface area contributed by atoms with Gasteiger partial charge in [-0.3, -0.25) is 14.5 Å². The van der Waals surface area contributed by atoms with Gasteiger partial charge in [-0.1, -0.05) is 41.9 Å². The van der Waals surface area contributed by atoms with Crippen molar-refractivity contribution in [1.29, 1.82) is 0 Å². The zero-order chi connectivity index (χ0) is 21.9. The fourth-order valence-corrected chi connectivity index (χ4v) is 5.37. The molecule has 1 aromatic heterocycles. The number of benzene rings is 1. The zero-order valence-electron chi connectivity index (χ0n) is 17.8. The van der Waals surface area contributed by atoms with E-state index in [9.17, 15) is 9.59 Å². The summed E-state index contributed by atoms with van der Waals surface area (Å²) in [5, 5.41) is 0. The number of Topliss-reactive ketones (excluding diaryl/α,β-unsaturated/α-hetero) is 1. The molecule has 1 amide bonds. The van der Waals surface area contributed by atoms with Crippen LogP contribution in [0.3, 0.4) is 0 Å². The lowest BCUT2D eigenvalue weighted by Gasteiger charge is -2.40. The van der Waals surface area contributed by atoms with Gasteiger partial charge in [0, 0.05) is 10.7 Å². The molecule has 5 nitrogen and oxygen atoms in total. The molecule has 5 unspecified atom stereocenters. The molecule has 0 radical (unpaired) electrons. The standard InChI is InChI=1S/C25H25BrN2O3/c1-13-8-9-27-20(10-13)28-22(16-4-6-17(26)7-5-16)21-23(29)18-11-14(2)15(3)12-19(18)31-24(21)25(28)30/h4-10,14-15,18-19,22H,11-12H2,1-3H3. The molecule has 5 atom stereocenters. The maximum Gasteiger partial charge on any atom is 0.295 e. The average Bonchev–Trinajstić information content (AvgIpc) is 3.03. The lowest BCUT2D eigenvalue weighted by atomic mass is 9.70. The lowest BCUT2D eigenvalue weighted by molar-refractivity contribution is -0.134. The molecule has 31 heavy (non-hydrogen) atoms. The van der Waals surface area contributed by atoms with Gasteiger partial charge in [0.2, 0.25) is 0 Å². The first-order valence-electron chi connectivity index (χ1n) is 10.8. The van der Waals surface area contributed by atoms with Crippen LogP contribution >= 0.6 is 15.9 Å². The topological polar surface area (TPSA) is 59.5 Å². The number of ketones is 1. The van der Waals surface area contributed by atoms with Crippen LogP contribution in [0.1, 0.15) is 43.9 Å². The summed E-state index contributed by atoms with van der Waals surface area (Å²) in [4.78, 5) is 33.5. The van der Waals surface area contributed by atoms with E-state index >= 15 is 0 Å². The van der Waals surface area contributed by atoms with Crippen molar-refractivity contribution in [2.75, 3.05) is 4.90 Å². The van der Waals surface area contributed by atoms with Gasteiger partial charge in [0.25, 0.3) is 5.91 Å². The summed E-state index contributed by atoms with van der Waals surface area (Å²) in [5.41, 5.74) is 2.36. The van der Waals surface area contributed by atoms with E-state index in [0.29, 0.717) is 23.2 Å². The smallest absolute Gasteiger partial charge is 0.295 e. The second-order valence-corrected chi connectivity index (χ2v) is 10.0. The highest BCUT2D eigenvalue weighted by Crippen LogP contribution is 2.49. The Kier molecular flexibility index (Phi) is 5.00. The van der Waals surface area contributed by atoms with Crippen molar-refractivity contribution in [2.24, 2.45) is 17.8 Å². The first-order chi connectivity index (χ1) is 14.8. The number of carbonyl (C=O) groups excluding carboxylic acids is 2. The fourth-order valence-electron chi connectivity index (χ4n) is 5.11. The number of amides is 1. The van der Waals surface area contributed by atoms with Crippen LogP contribution in [0.5, 0.6) is 0 Å². The third-order valence-corrected chi connectivity index (χ3v) is 7.57. The summed E-state index contributed by atoms with van der Waals surface area (Å²) < 4.78 is 7.24. The number of hydrogen-bond donors (Lipinski definition) is 0. The van der Waals surface area contributed by atoms with Gasteiger partial charge in [0.15, 0.2) is 11.5 Å². The van der Waals surface area contributed by atoms with Crippen LogP contribution in [0.25, 0.3) is 0 Å². The molecule has 160 valence electrons. The number of aryl methyl sites for hydroxylation is 1. The van der Waals surface area contributed by atoms with E-state index < -0.39 is 6.04 Å². The number of anilines is 1. The number of nitrogens with zero attached hydrogens (tertiary/aromatic N) is 2. The monoisotopic (exact) mass is 480 g/mol. The van der Waals surface area contributed by atoms with Gasteiger partial charge in [-0.15, -0.1) is 0 Å². The molecule has 1 aromatic carbocycles. The Bertz CT molecular complexity index is 1090. The summed E-state index contributed by atoms with van der Waals surface area (Å²) in [7, 11) is 0. The maximum absolute atomic E-state index is 13.8. The SMILES string of the molecule is Cc1ccnc(N2C(=O)C3=C(C(=O)C4CC(C)C(C)CC4O3)C2c2ccc(Br)cc2)c1. The second-order valence-electron chi connectivity index (χ2n) is 9.12. The molecule has 2 aromatic rings. The highest BCUT2D eigenvalue weighted by Gasteiger charge is 2.54.